The molecule has 0 aromatic rings. The van der Waals surface area contributed by atoms with E-state index in [4.69, 9.17) is 11.8 Å². The van der Waals surface area contributed by atoms with Gasteiger partial charge in [0.2, 0.25) is 5.91 Å². The van der Waals surface area contributed by atoms with Crippen LogP contribution in [0.4, 0.5) is 0 Å². The molecule has 0 aromatic carbocycles. The van der Waals surface area contributed by atoms with Crippen molar-refractivity contribution >= 4 is 17.7 Å². The van der Waals surface area contributed by atoms with Crippen LogP contribution < -0.4 is 5.32 Å². The topological polar surface area (TPSA) is 32.3 Å². The number of amides is 1. The molecule has 2 saturated heterocycles. The molecule has 0 aromatic heterocycles. The molecule has 0 aliphatic carbocycles. The summed E-state index contributed by atoms with van der Waals surface area (Å²) in [5.74, 6) is 0.243. The molecule has 0 saturated carbocycles. The van der Waals surface area contributed by atoms with E-state index >= 15 is 0 Å². The molecule has 0 bridgehead atoms. The van der Waals surface area contributed by atoms with Crippen molar-refractivity contribution in [2.45, 2.75) is 19.3 Å². The molecule has 2 heterocycles. The van der Waals surface area contributed by atoms with Gasteiger partial charge in [0.05, 0.1) is 5.41 Å². The molecule has 1 spiro atoms. The van der Waals surface area contributed by atoms with Crippen molar-refractivity contribution < 1.29 is 4.79 Å². The lowest BCUT2D eigenvalue weighted by Crippen LogP contribution is -2.40. The molecule has 1 amide bonds. The third kappa shape index (κ3) is 1.21. The van der Waals surface area contributed by atoms with Crippen LogP contribution in [0, 0.1) is 5.41 Å². The average Bonchev–Trinajstić information content (AvgIpc) is 2.41. The monoisotopic (exact) mass is 188 g/mol. The van der Waals surface area contributed by atoms with Crippen molar-refractivity contribution in [2.24, 2.45) is 5.41 Å². The van der Waals surface area contributed by atoms with Gasteiger partial charge in [-0.15, -0.1) is 0 Å². The third-order valence-electron chi connectivity index (χ3n) is 3.04. The zero-order valence-electron chi connectivity index (χ0n) is 6.98. The van der Waals surface area contributed by atoms with Crippen molar-refractivity contribution in [2.75, 3.05) is 19.6 Å². The van der Waals surface area contributed by atoms with Crippen molar-refractivity contribution in [3.05, 3.63) is 0 Å². The van der Waals surface area contributed by atoms with Gasteiger partial charge in [-0.2, -0.15) is 0 Å². The molecule has 12 heavy (non-hydrogen) atoms. The number of nitrogens with one attached hydrogen (secondary N) is 1. The predicted octanol–water partition coefficient (Wildman–Crippen LogP) is 0.742. The van der Waals surface area contributed by atoms with Crippen molar-refractivity contribution in [3.8, 4) is 0 Å². The second-order valence-electron chi connectivity index (χ2n) is 3.70. The van der Waals surface area contributed by atoms with E-state index in [1.165, 1.54) is 0 Å². The maximum atomic E-state index is 11.5. The molecular weight excluding hydrogens is 176 g/mol. The SMILES string of the molecule is O=C1NCCC12CCN(Cl)CC2. The molecule has 0 atom stereocenters. The summed E-state index contributed by atoms with van der Waals surface area (Å²) in [6, 6.07) is 0. The van der Waals surface area contributed by atoms with Crippen molar-refractivity contribution in [1.82, 2.24) is 9.74 Å². The largest absolute Gasteiger partial charge is 0.356 e. The number of piperidine rings is 1. The Morgan fingerprint density at radius 1 is 1.33 bits per heavy atom. The molecule has 2 rings (SSSR count). The maximum absolute atomic E-state index is 11.5. The minimum absolute atomic E-state index is 0.0641. The highest BCUT2D eigenvalue weighted by Gasteiger charge is 2.43. The Labute approximate surface area is 77.2 Å². The number of hydrogen-bond acceptors (Lipinski definition) is 2. The number of rotatable bonds is 0. The van der Waals surface area contributed by atoms with Crippen LogP contribution in [-0.2, 0) is 4.79 Å². The van der Waals surface area contributed by atoms with Gasteiger partial charge in [-0.25, -0.2) is 4.42 Å². The Bertz CT molecular complexity index is 199. The van der Waals surface area contributed by atoms with Gasteiger partial charge in [0.1, 0.15) is 0 Å². The normalized spacial score (nSPS) is 29.2. The van der Waals surface area contributed by atoms with Crippen LogP contribution in [0.5, 0.6) is 0 Å². The van der Waals surface area contributed by atoms with Crippen LogP contribution in [0.3, 0.4) is 0 Å². The Kier molecular flexibility index (Phi) is 2.00. The molecule has 68 valence electrons. The smallest absolute Gasteiger partial charge is 0.226 e. The van der Waals surface area contributed by atoms with E-state index < -0.39 is 0 Å². The third-order valence-corrected chi connectivity index (χ3v) is 3.37. The molecule has 2 fully saturated rings. The van der Waals surface area contributed by atoms with E-state index in [0.717, 1.165) is 38.9 Å². The fourth-order valence-corrected chi connectivity index (χ4v) is 2.27. The molecular formula is C8H13ClN2O. The second kappa shape index (κ2) is 2.89. The van der Waals surface area contributed by atoms with E-state index in [0.29, 0.717) is 0 Å². The minimum atomic E-state index is -0.0641. The van der Waals surface area contributed by atoms with Crippen LogP contribution in [0.1, 0.15) is 19.3 Å². The van der Waals surface area contributed by atoms with E-state index in [-0.39, 0.29) is 11.3 Å². The van der Waals surface area contributed by atoms with Gasteiger partial charge in [0.15, 0.2) is 0 Å². The number of carbonyl (C=O) groups excluding carboxylic acids is 1. The lowest BCUT2D eigenvalue weighted by molar-refractivity contribution is -0.129. The van der Waals surface area contributed by atoms with E-state index in [1.807, 2.05) is 0 Å². The lowest BCUT2D eigenvalue weighted by atomic mass is 9.78. The second-order valence-corrected chi connectivity index (χ2v) is 4.17. The van der Waals surface area contributed by atoms with Gasteiger partial charge in [0, 0.05) is 19.6 Å². The highest BCUT2D eigenvalue weighted by atomic mass is 35.5. The lowest BCUT2D eigenvalue weighted by Gasteiger charge is -2.33. The molecule has 4 heteroatoms. The number of hydrogen-bond donors (Lipinski definition) is 1. The average molecular weight is 189 g/mol. The van der Waals surface area contributed by atoms with Gasteiger partial charge in [-0.05, 0) is 31.0 Å². The molecule has 1 N–H and O–H groups in total. The molecule has 0 radical (unpaired) electrons. The van der Waals surface area contributed by atoms with E-state index in [9.17, 15) is 4.79 Å². The Hall–Kier alpha value is -0.280. The fourth-order valence-electron chi connectivity index (χ4n) is 2.10. The van der Waals surface area contributed by atoms with Gasteiger partial charge >= 0.3 is 0 Å². The van der Waals surface area contributed by atoms with Gasteiger partial charge < -0.3 is 5.32 Å². The molecule has 0 unspecified atom stereocenters. The Morgan fingerprint density at radius 3 is 2.50 bits per heavy atom. The summed E-state index contributed by atoms with van der Waals surface area (Å²) in [4.78, 5) is 11.5. The molecule has 2 aliphatic rings. The highest BCUT2D eigenvalue weighted by Crippen LogP contribution is 2.38. The number of halogens is 1. The van der Waals surface area contributed by atoms with Crippen molar-refractivity contribution in [3.63, 3.8) is 0 Å². The summed E-state index contributed by atoms with van der Waals surface area (Å²) in [5.41, 5.74) is -0.0641. The Balaban J connectivity index is 2.07. The van der Waals surface area contributed by atoms with Crippen LogP contribution >= 0.6 is 11.8 Å². The molecule has 3 nitrogen and oxygen atoms in total. The van der Waals surface area contributed by atoms with Crippen LogP contribution in [0.15, 0.2) is 0 Å². The predicted molar refractivity (Wildman–Crippen MR) is 46.7 cm³/mol. The summed E-state index contributed by atoms with van der Waals surface area (Å²) in [6.45, 7) is 2.53. The van der Waals surface area contributed by atoms with E-state index in [1.54, 1.807) is 4.42 Å². The summed E-state index contributed by atoms with van der Waals surface area (Å²) >= 11 is 5.83. The Morgan fingerprint density at radius 2 is 2.00 bits per heavy atom. The van der Waals surface area contributed by atoms with Crippen LogP contribution in [0.25, 0.3) is 0 Å². The fraction of sp³-hybridized carbons (Fsp3) is 0.875. The summed E-state index contributed by atoms with van der Waals surface area (Å²) < 4.78 is 1.77. The van der Waals surface area contributed by atoms with Gasteiger partial charge in [0.25, 0.3) is 0 Å². The zero-order chi connectivity index (χ0) is 8.60. The maximum Gasteiger partial charge on any atom is 0.226 e. The van der Waals surface area contributed by atoms with Gasteiger partial charge in [-0.1, -0.05) is 0 Å². The van der Waals surface area contributed by atoms with Crippen LogP contribution in [0.2, 0.25) is 0 Å². The number of nitrogens with zero attached hydrogens (tertiary/aromatic N) is 1. The molecule has 2 aliphatic heterocycles. The first-order valence-electron chi connectivity index (χ1n) is 4.42. The standard InChI is InChI=1S/C8H13ClN2O/c9-11-5-2-8(3-6-11)1-4-10-7(8)12/h1-6H2,(H,10,12). The quantitative estimate of drug-likeness (QED) is 0.569. The summed E-state index contributed by atoms with van der Waals surface area (Å²) in [7, 11) is 0. The van der Waals surface area contributed by atoms with Crippen molar-refractivity contribution in [1.29, 1.82) is 0 Å². The first kappa shape index (κ1) is 8.32. The number of carbonyl (C=O) groups is 1. The zero-order valence-corrected chi connectivity index (χ0v) is 7.73. The highest BCUT2D eigenvalue weighted by molar-refractivity contribution is 6.13. The minimum Gasteiger partial charge on any atom is -0.356 e. The first-order valence-corrected chi connectivity index (χ1v) is 4.76. The van der Waals surface area contributed by atoms with Gasteiger partial charge in [-0.3, -0.25) is 4.79 Å². The summed E-state index contributed by atoms with van der Waals surface area (Å²) in [6.07, 6.45) is 2.83. The first-order chi connectivity index (χ1) is 5.73. The summed E-state index contributed by atoms with van der Waals surface area (Å²) in [5, 5.41) is 2.89. The van der Waals surface area contributed by atoms with E-state index in [2.05, 4.69) is 5.32 Å². The van der Waals surface area contributed by atoms with Crippen LogP contribution in [-0.4, -0.2) is 30.0 Å².